The van der Waals surface area contributed by atoms with Gasteiger partial charge in [0, 0.05) is 46.1 Å². The SMILES string of the molecule is CC(=O)N(C)Cc1cc(C2CCN(C(=O)CN3CCCC[C@H]3C)CC2)nn1C. The summed E-state index contributed by atoms with van der Waals surface area (Å²) < 4.78 is 1.88. The molecule has 3 heterocycles. The van der Waals surface area contributed by atoms with Crippen LogP contribution >= 0.6 is 0 Å². The number of piperidine rings is 2. The number of hydrogen-bond acceptors (Lipinski definition) is 4. The number of hydrogen-bond donors (Lipinski definition) is 0. The summed E-state index contributed by atoms with van der Waals surface area (Å²) in [4.78, 5) is 30.3. The first kappa shape index (κ1) is 20.8. The van der Waals surface area contributed by atoms with Gasteiger partial charge in [-0.15, -0.1) is 0 Å². The average Bonchev–Trinajstić information content (AvgIpc) is 3.04. The van der Waals surface area contributed by atoms with E-state index in [0.29, 0.717) is 25.0 Å². The van der Waals surface area contributed by atoms with Crippen molar-refractivity contribution < 1.29 is 9.59 Å². The molecule has 0 radical (unpaired) electrons. The molecule has 0 bridgehead atoms. The number of aromatic nitrogens is 2. The van der Waals surface area contributed by atoms with Crippen molar-refractivity contribution in [1.82, 2.24) is 24.5 Å². The van der Waals surface area contributed by atoms with E-state index >= 15 is 0 Å². The van der Waals surface area contributed by atoms with E-state index in [-0.39, 0.29) is 11.8 Å². The molecule has 2 fully saturated rings. The first-order valence-electron chi connectivity index (χ1n) is 10.6. The lowest BCUT2D eigenvalue weighted by Gasteiger charge is -2.36. The number of likely N-dealkylation sites (tertiary alicyclic amines) is 2. The molecule has 2 aliphatic rings. The third-order valence-corrected chi connectivity index (χ3v) is 6.48. The van der Waals surface area contributed by atoms with Crippen molar-refractivity contribution in [3.63, 3.8) is 0 Å². The van der Waals surface area contributed by atoms with Crippen LogP contribution in [0.4, 0.5) is 0 Å². The molecule has 0 N–H and O–H groups in total. The summed E-state index contributed by atoms with van der Waals surface area (Å²) in [6, 6.07) is 2.65. The van der Waals surface area contributed by atoms with Crippen molar-refractivity contribution in [3.8, 4) is 0 Å². The summed E-state index contributed by atoms with van der Waals surface area (Å²) in [5.41, 5.74) is 2.14. The fourth-order valence-corrected chi connectivity index (χ4v) is 4.32. The molecular weight excluding hydrogens is 354 g/mol. The van der Waals surface area contributed by atoms with Crippen molar-refractivity contribution in [3.05, 3.63) is 17.5 Å². The highest BCUT2D eigenvalue weighted by atomic mass is 16.2. The van der Waals surface area contributed by atoms with Crippen LogP contribution in [0.1, 0.15) is 63.3 Å². The predicted octanol–water partition coefficient (Wildman–Crippen LogP) is 1.98. The van der Waals surface area contributed by atoms with Crippen molar-refractivity contribution in [2.45, 2.75) is 64.5 Å². The zero-order chi connectivity index (χ0) is 20.3. The van der Waals surface area contributed by atoms with Crippen LogP contribution in [0, 0.1) is 0 Å². The van der Waals surface area contributed by atoms with Crippen molar-refractivity contribution >= 4 is 11.8 Å². The summed E-state index contributed by atoms with van der Waals surface area (Å²) >= 11 is 0. The molecule has 0 aliphatic carbocycles. The zero-order valence-corrected chi connectivity index (χ0v) is 17.9. The van der Waals surface area contributed by atoms with E-state index in [9.17, 15) is 9.59 Å². The molecule has 2 amide bonds. The molecule has 0 aromatic carbocycles. The number of carbonyl (C=O) groups excluding carboxylic acids is 2. The number of rotatable bonds is 5. The lowest BCUT2D eigenvalue weighted by Crippen LogP contribution is -2.47. The smallest absolute Gasteiger partial charge is 0.236 e. The Bertz CT molecular complexity index is 693. The van der Waals surface area contributed by atoms with Crippen molar-refractivity contribution in [2.24, 2.45) is 7.05 Å². The Hall–Kier alpha value is -1.89. The van der Waals surface area contributed by atoms with Crippen LogP contribution in [0.3, 0.4) is 0 Å². The molecule has 0 unspecified atom stereocenters. The van der Waals surface area contributed by atoms with Crippen LogP contribution in [0.5, 0.6) is 0 Å². The molecule has 156 valence electrons. The second kappa shape index (κ2) is 9.07. The van der Waals surface area contributed by atoms with Gasteiger partial charge in [-0.2, -0.15) is 5.10 Å². The van der Waals surface area contributed by atoms with E-state index in [1.54, 1.807) is 11.8 Å². The first-order valence-corrected chi connectivity index (χ1v) is 10.6. The number of carbonyl (C=O) groups is 2. The van der Waals surface area contributed by atoms with Crippen LogP contribution in [0.2, 0.25) is 0 Å². The highest BCUT2D eigenvalue weighted by molar-refractivity contribution is 5.78. The van der Waals surface area contributed by atoms with Gasteiger partial charge in [-0.05, 0) is 45.2 Å². The van der Waals surface area contributed by atoms with E-state index < -0.39 is 0 Å². The van der Waals surface area contributed by atoms with Gasteiger partial charge >= 0.3 is 0 Å². The second-order valence-corrected chi connectivity index (χ2v) is 8.53. The summed E-state index contributed by atoms with van der Waals surface area (Å²) in [6.45, 7) is 7.63. The van der Waals surface area contributed by atoms with E-state index in [4.69, 9.17) is 0 Å². The minimum Gasteiger partial charge on any atom is -0.342 e. The minimum absolute atomic E-state index is 0.0533. The quantitative estimate of drug-likeness (QED) is 0.773. The Morgan fingerprint density at radius 3 is 2.54 bits per heavy atom. The maximum atomic E-state index is 12.7. The Kier molecular flexibility index (Phi) is 6.75. The molecule has 7 heteroatoms. The lowest BCUT2D eigenvalue weighted by atomic mass is 9.93. The molecule has 0 saturated carbocycles. The summed E-state index contributed by atoms with van der Waals surface area (Å²) in [6.07, 6.45) is 5.61. The molecule has 3 rings (SSSR count). The molecule has 2 aliphatic heterocycles. The lowest BCUT2D eigenvalue weighted by molar-refractivity contribution is -0.134. The highest BCUT2D eigenvalue weighted by Crippen LogP contribution is 2.28. The maximum Gasteiger partial charge on any atom is 0.236 e. The predicted molar refractivity (Wildman–Crippen MR) is 109 cm³/mol. The molecule has 2 saturated heterocycles. The maximum absolute atomic E-state index is 12.7. The largest absolute Gasteiger partial charge is 0.342 e. The van der Waals surface area contributed by atoms with Crippen LogP contribution in [-0.2, 0) is 23.2 Å². The molecule has 7 nitrogen and oxygen atoms in total. The van der Waals surface area contributed by atoms with Crippen LogP contribution in [0.25, 0.3) is 0 Å². The molecule has 1 atom stereocenters. The van der Waals surface area contributed by atoms with Crippen molar-refractivity contribution in [1.29, 1.82) is 0 Å². The van der Waals surface area contributed by atoms with E-state index in [1.807, 2.05) is 23.7 Å². The Labute approximate surface area is 168 Å². The zero-order valence-electron chi connectivity index (χ0n) is 17.9. The van der Waals surface area contributed by atoms with Gasteiger partial charge in [0.2, 0.25) is 11.8 Å². The number of nitrogens with zero attached hydrogens (tertiary/aromatic N) is 5. The standard InChI is InChI=1S/C21H35N5O2/c1-16-7-5-6-10-26(16)15-21(28)25-11-8-18(9-12-25)20-13-19(24(4)22-20)14-23(3)17(2)27/h13,16,18H,5-12,14-15H2,1-4H3/t16-/m1/s1. The van der Waals surface area contributed by atoms with Gasteiger partial charge in [-0.1, -0.05) is 6.42 Å². The van der Waals surface area contributed by atoms with E-state index in [2.05, 4.69) is 23.0 Å². The fraction of sp³-hybridized carbons (Fsp3) is 0.762. The van der Waals surface area contributed by atoms with Crippen molar-refractivity contribution in [2.75, 3.05) is 33.2 Å². The van der Waals surface area contributed by atoms with Crippen LogP contribution in [-0.4, -0.2) is 75.6 Å². The van der Waals surface area contributed by atoms with Gasteiger partial charge in [-0.25, -0.2) is 0 Å². The summed E-state index contributed by atoms with van der Waals surface area (Å²) in [5.74, 6) is 0.718. The average molecular weight is 390 g/mol. The second-order valence-electron chi connectivity index (χ2n) is 8.53. The van der Waals surface area contributed by atoms with E-state index in [0.717, 1.165) is 43.9 Å². The minimum atomic E-state index is 0.0533. The fourth-order valence-electron chi connectivity index (χ4n) is 4.32. The summed E-state index contributed by atoms with van der Waals surface area (Å²) in [5, 5.41) is 4.69. The normalized spacial score (nSPS) is 21.7. The van der Waals surface area contributed by atoms with Gasteiger partial charge in [0.05, 0.1) is 24.5 Å². The van der Waals surface area contributed by atoms with Gasteiger partial charge in [0.15, 0.2) is 0 Å². The van der Waals surface area contributed by atoms with Gasteiger partial charge in [-0.3, -0.25) is 19.2 Å². The third kappa shape index (κ3) is 4.93. The monoisotopic (exact) mass is 389 g/mol. The first-order chi connectivity index (χ1) is 13.3. The third-order valence-electron chi connectivity index (χ3n) is 6.48. The number of aryl methyl sites for hydroxylation is 1. The van der Waals surface area contributed by atoms with Gasteiger partial charge in [0.1, 0.15) is 0 Å². The molecule has 1 aromatic heterocycles. The molecule has 28 heavy (non-hydrogen) atoms. The summed E-state index contributed by atoms with van der Waals surface area (Å²) in [7, 11) is 3.74. The topological polar surface area (TPSA) is 61.7 Å². The Morgan fingerprint density at radius 2 is 1.89 bits per heavy atom. The molecule has 1 aromatic rings. The van der Waals surface area contributed by atoms with Crippen LogP contribution in [0.15, 0.2) is 6.07 Å². The molecule has 0 spiro atoms. The van der Waals surface area contributed by atoms with Gasteiger partial charge in [0.25, 0.3) is 0 Å². The van der Waals surface area contributed by atoms with Gasteiger partial charge < -0.3 is 9.80 Å². The highest BCUT2D eigenvalue weighted by Gasteiger charge is 2.28. The Morgan fingerprint density at radius 1 is 1.18 bits per heavy atom. The molecular formula is C21H35N5O2. The van der Waals surface area contributed by atoms with Crippen LogP contribution < -0.4 is 0 Å². The number of amides is 2. The Balaban J connectivity index is 1.52. The van der Waals surface area contributed by atoms with E-state index in [1.165, 1.54) is 19.3 Å².